The van der Waals surface area contributed by atoms with Gasteiger partial charge in [-0.2, -0.15) is 0 Å². The molecule has 10 aromatic carbocycles. The Kier molecular flexibility index (Phi) is 8.55. The van der Waals surface area contributed by atoms with Crippen LogP contribution in [-0.2, 0) is 5.41 Å². The Labute approximate surface area is 368 Å². The Bertz CT molecular complexity index is 3470. The molecule has 0 amide bonds. The second kappa shape index (κ2) is 14.6. The maximum Gasteiger partial charge on any atom is 0.0541 e. The molecule has 0 radical (unpaired) electrons. The average molecular weight is 805 g/mol. The van der Waals surface area contributed by atoms with Crippen LogP contribution in [0.25, 0.3) is 82.8 Å². The highest BCUT2D eigenvalue weighted by molar-refractivity contribution is 6.09. The van der Waals surface area contributed by atoms with E-state index in [4.69, 9.17) is 0 Å². The number of hydrogen-bond acceptors (Lipinski definition) is 1. The minimum Gasteiger partial charge on any atom is -0.310 e. The fourth-order valence-corrected chi connectivity index (χ4v) is 10.4. The molecular weight excluding hydrogens is 761 g/mol. The van der Waals surface area contributed by atoms with Crippen molar-refractivity contribution >= 4 is 49.6 Å². The summed E-state index contributed by atoms with van der Waals surface area (Å²) in [6.07, 6.45) is 0. The first-order valence-corrected chi connectivity index (χ1v) is 21.9. The first-order chi connectivity index (χ1) is 31.0. The van der Waals surface area contributed by atoms with Crippen molar-refractivity contribution in [3.8, 4) is 50.2 Å². The molecule has 1 aliphatic rings. The summed E-state index contributed by atoms with van der Waals surface area (Å²) in [5.74, 6) is 0. The van der Waals surface area contributed by atoms with Gasteiger partial charge in [-0.05, 0) is 115 Å². The lowest BCUT2D eigenvalue weighted by atomic mass is 9.82. The predicted molar refractivity (Wildman–Crippen MR) is 267 cm³/mol. The van der Waals surface area contributed by atoms with Crippen LogP contribution in [0.15, 0.2) is 231 Å². The smallest absolute Gasteiger partial charge is 0.0541 e. The Morgan fingerprint density at radius 3 is 1.63 bits per heavy atom. The van der Waals surface area contributed by atoms with Gasteiger partial charge < -0.3 is 9.47 Å². The van der Waals surface area contributed by atoms with E-state index < -0.39 is 0 Å². The Balaban J connectivity index is 0.995. The molecule has 2 heteroatoms. The van der Waals surface area contributed by atoms with Crippen molar-refractivity contribution in [2.75, 3.05) is 4.90 Å². The summed E-state index contributed by atoms with van der Waals surface area (Å²) in [6.45, 7) is 4.72. The highest BCUT2D eigenvalue weighted by Gasteiger charge is 2.37. The van der Waals surface area contributed by atoms with Crippen molar-refractivity contribution in [3.05, 3.63) is 242 Å². The van der Waals surface area contributed by atoms with Crippen LogP contribution in [0.4, 0.5) is 17.1 Å². The molecule has 0 spiro atoms. The van der Waals surface area contributed by atoms with Crippen molar-refractivity contribution in [2.45, 2.75) is 19.3 Å². The van der Waals surface area contributed by atoms with Crippen LogP contribution >= 0.6 is 0 Å². The van der Waals surface area contributed by atoms with Crippen LogP contribution in [0, 0.1) is 0 Å². The van der Waals surface area contributed by atoms with Crippen molar-refractivity contribution in [1.29, 1.82) is 0 Å². The van der Waals surface area contributed by atoms with E-state index in [0.717, 1.165) is 22.7 Å². The lowest BCUT2D eigenvalue weighted by Crippen LogP contribution is -2.14. The Morgan fingerprint density at radius 1 is 0.365 bits per heavy atom. The van der Waals surface area contributed by atoms with Crippen LogP contribution in [0.3, 0.4) is 0 Å². The van der Waals surface area contributed by atoms with Gasteiger partial charge in [0.15, 0.2) is 0 Å². The van der Waals surface area contributed by atoms with Crippen molar-refractivity contribution < 1.29 is 0 Å². The standard InChI is InChI=1S/C61H44N2/c1-61(2)55-27-9-5-24-54(55)60-53(26-15-28-56(60)61)52-23-8-10-29-57(52)62(46-38-34-43(35-39-46)49-25-14-17-42-16-3-4-20-48(42)49)45-36-32-41(33-37-45)44-18-13-19-47(40-44)63-58-30-11-6-21-50(58)51-22-7-12-31-59(51)63/h3-40H,1-2H3. The number of fused-ring (bicyclic) bond motifs is 7. The molecular formula is C61H44N2. The van der Waals surface area contributed by atoms with Gasteiger partial charge in [0.1, 0.15) is 0 Å². The van der Waals surface area contributed by atoms with Gasteiger partial charge in [0.2, 0.25) is 0 Å². The average Bonchev–Trinajstić information content (AvgIpc) is 3.80. The van der Waals surface area contributed by atoms with Crippen LogP contribution < -0.4 is 4.90 Å². The molecule has 1 aromatic heterocycles. The van der Waals surface area contributed by atoms with Crippen LogP contribution in [-0.4, -0.2) is 4.57 Å². The predicted octanol–water partition coefficient (Wildman–Crippen LogP) is 16.7. The molecule has 2 nitrogen and oxygen atoms in total. The molecule has 0 saturated heterocycles. The minimum absolute atomic E-state index is 0.0946. The zero-order valence-electron chi connectivity index (χ0n) is 35.3. The van der Waals surface area contributed by atoms with Gasteiger partial charge in [0.05, 0.1) is 16.7 Å². The third-order valence-corrected chi connectivity index (χ3v) is 13.4. The molecule has 12 rings (SSSR count). The summed E-state index contributed by atoms with van der Waals surface area (Å²) in [6, 6.07) is 84.6. The first-order valence-electron chi connectivity index (χ1n) is 21.9. The number of hydrogen-bond donors (Lipinski definition) is 0. The van der Waals surface area contributed by atoms with Gasteiger partial charge in [-0.25, -0.2) is 0 Å². The summed E-state index contributed by atoms with van der Waals surface area (Å²) in [5, 5.41) is 5.04. The number of rotatable bonds is 7. The maximum atomic E-state index is 2.44. The SMILES string of the molecule is CC1(C)c2ccccc2-c2c(-c3ccccc3N(c3ccc(-c4cccc(-n5c6ccccc6c6ccccc65)c4)cc3)c3ccc(-c4cccc5ccccc45)cc3)cccc21. The minimum atomic E-state index is -0.0946. The normalized spacial score (nSPS) is 12.7. The number of benzene rings is 10. The Morgan fingerprint density at radius 2 is 0.889 bits per heavy atom. The number of nitrogens with zero attached hydrogens (tertiary/aromatic N) is 2. The van der Waals surface area contributed by atoms with Gasteiger partial charge in [-0.3, -0.25) is 0 Å². The molecule has 0 N–H and O–H groups in total. The van der Waals surface area contributed by atoms with Crippen molar-refractivity contribution in [3.63, 3.8) is 0 Å². The zero-order valence-corrected chi connectivity index (χ0v) is 35.3. The molecule has 11 aromatic rings. The van der Waals surface area contributed by atoms with E-state index in [2.05, 4.69) is 254 Å². The molecule has 0 fully saturated rings. The quantitative estimate of drug-likeness (QED) is 0.156. The molecule has 0 atom stereocenters. The third kappa shape index (κ3) is 5.94. The summed E-state index contributed by atoms with van der Waals surface area (Å²) in [7, 11) is 0. The highest BCUT2D eigenvalue weighted by atomic mass is 15.1. The van der Waals surface area contributed by atoms with Gasteiger partial charge in [0.25, 0.3) is 0 Å². The fourth-order valence-electron chi connectivity index (χ4n) is 10.4. The van der Waals surface area contributed by atoms with E-state index in [1.165, 1.54) is 88.2 Å². The fraction of sp³-hybridized carbons (Fsp3) is 0.0492. The van der Waals surface area contributed by atoms with E-state index in [0.29, 0.717) is 0 Å². The Hall–Kier alpha value is -7.94. The molecule has 0 bridgehead atoms. The zero-order chi connectivity index (χ0) is 42.1. The molecule has 298 valence electrons. The van der Waals surface area contributed by atoms with Gasteiger partial charge in [-0.1, -0.05) is 190 Å². The van der Waals surface area contributed by atoms with Gasteiger partial charge in [0, 0.05) is 38.8 Å². The topological polar surface area (TPSA) is 8.17 Å². The summed E-state index contributed by atoms with van der Waals surface area (Å²) < 4.78 is 2.39. The van der Waals surface area contributed by atoms with E-state index in [1.807, 2.05) is 0 Å². The maximum absolute atomic E-state index is 2.44. The van der Waals surface area contributed by atoms with Crippen molar-refractivity contribution in [1.82, 2.24) is 4.57 Å². The van der Waals surface area contributed by atoms with E-state index in [-0.39, 0.29) is 5.41 Å². The summed E-state index contributed by atoms with van der Waals surface area (Å²) in [5.41, 5.74) is 19.4. The molecule has 0 saturated carbocycles. The lowest BCUT2D eigenvalue weighted by Gasteiger charge is -2.29. The third-order valence-electron chi connectivity index (χ3n) is 13.4. The number of para-hydroxylation sites is 3. The molecule has 63 heavy (non-hydrogen) atoms. The van der Waals surface area contributed by atoms with Crippen LogP contribution in [0.5, 0.6) is 0 Å². The van der Waals surface area contributed by atoms with Gasteiger partial charge >= 0.3 is 0 Å². The van der Waals surface area contributed by atoms with Gasteiger partial charge in [-0.15, -0.1) is 0 Å². The van der Waals surface area contributed by atoms with Crippen LogP contribution in [0.1, 0.15) is 25.0 Å². The largest absolute Gasteiger partial charge is 0.310 e. The van der Waals surface area contributed by atoms with E-state index in [1.54, 1.807) is 0 Å². The molecule has 1 heterocycles. The highest BCUT2D eigenvalue weighted by Crippen LogP contribution is 2.54. The van der Waals surface area contributed by atoms with E-state index in [9.17, 15) is 0 Å². The second-order valence-corrected chi connectivity index (χ2v) is 17.3. The number of aromatic nitrogens is 1. The summed E-state index contributed by atoms with van der Waals surface area (Å²) >= 11 is 0. The monoisotopic (exact) mass is 804 g/mol. The van der Waals surface area contributed by atoms with E-state index >= 15 is 0 Å². The lowest BCUT2D eigenvalue weighted by molar-refractivity contribution is 0.660. The molecule has 0 aliphatic heterocycles. The van der Waals surface area contributed by atoms with Crippen LogP contribution in [0.2, 0.25) is 0 Å². The number of anilines is 3. The first kappa shape index (κ1) is 36.9. The second-order valence-electron chi connectivity index (χ2n) is 17.3. The molecule has 1 aliphatic carbocycles. The van der Waals surface area contributed by atoms with Crippen molar-refractivity contribution in [2.24, 2.45) is 0 Å². The molecule has 0 unspecified atom stereocenters. The summed E-state index contributed by atoms with van der Waals surface area (Å²) in [4.78, 5) is 2.44.